The highest BCUT2D eigenvalue weighted by atomic mass is 16.7. The first-order valence-corrected chi connectivity index (χ1v) is 30.2. The molecule has 0 aromatic heterocycles. The fraction of sp³-hybridized carbons (Fsp3) is 0.965. The third-order valence-electron chi connectivity index (χ3n) is 22.0. The fourth-order valence-electron chi connectivity index (χ4n) is 17.9. The van der Waals surface area contributed by atoms with Crippen molar-refractivity contribution < 1.29 is 120 Å². The van der Waals surface area contributed by atoms with Gasteiger partial charge in [0.25, 0.3) is 0 Å². The second-order valence-corrected chi connectivity index (χ2v) is 26.5. The maximum Gasteiger partial charge on any atom is 0.187 e. The topological polar surface area (TPSA) is 398 Å². The zero-order chi connectivity index (χ0) is 57.6. The number of methoxy groups -OCH3 is 2. The molecule has 81 heavy (non-hydrogen) atoms. The molecule has 36 unspecified atom stereocenters. The molecular weight excluding hydrogens is 1070 g/mol. The van der Waals surface area contributed by atoms with Gasteiger partial charge in [0.05, 0.1) is 141 Å². The Bertz CT molecular complexity index is 2080. The highest BCUT2D eigenvalue weighted by Gasteiger charge is 2.64. The first kappa shape index (κ1) is 61.4. The second-order valence-electron chi connectivity index (χ2n) is 26.5. The van der Waals surface area contributed by atoms with E-state index in [1.807, 2.05) is 0 Å². The van der Waals surface area contributed by atoms with E-state index in [0.717, 1.165) is 0 Å². The lowest BCUT2D eigenvalue weighted by atomic mass is 9.56. The van der Waals surface area contributed by atoms with E-state index in [-0.39, 0.29) is 76.0 Å². The minimum absolute atomic E-state index is 0.0562. The molecule has 24 nitrogen and oxygen atoms in total. The van der Waals surface area contributed by atoms with E-state index in [9.17, 15) is 81.7 Å². The van der Waals surface area contributed by atoms with Crippen LogP contribution < -0.4 is 0 Å². The summed E-state index contributed by atoms with van der Waals surface area (Å²) in [6.07, 6.45) is -24.1. The number of aliphatic hydroxyl groups is 16. The first-order valence-electron chi connectivity index (χ1n) is 30.2. The van der Waals surface area contributed by atoms with Gasteiger partial charge in [-0.25, -0.2) is 0 Å². The summed E-state index contributed by atoms with van der Waals surface area (Å²) >= 11 is 0. The number of hydrogen-bond donors (Lipinski definition) is 16. The lowest BCUT2D eigenvalue weighted by molar-refractivity contribution is -0.351. The lowest BCUT2D eigenvalue weighted by Crippen LogP contribution is -2.69. The van der Waals surface area contributed by atoms with Gasteiger partial charge in [0.1, 0.15) is 30.5 Å². The zero-order valence-corrected chi connectivity index (χ0v) is 46.1. The molecule has 0 radical (unpaired) electrons. The molecule has 16 N–H and O–H groups in total. The van der Waals surface area contributed by atoms with Crippen LogP contribution in [0.3, 0.4) is 0 Å². The van der Waals surface area contributed by atoms with Gasteiger partial charge < -0.3 is 120 Å². The van der Waals surface area contributed by atoms with E-state index in [0.29, 0.717) is 25.7 Å². The predicted molar refractivity (Wildman–Crippen MR) is 276 cm³/mol. The molecule has 24 heteroatoms. The van der Waals surface area contributed by atoms with Crippen LogP contribution in [0.5, 0.6) is 0 Å². The van der Waals surface area contributed by atoms with Crippen LogP contribution in [0.25, 0.3) is 0 Å². The number of hydrogen-bond acceptors (Lipinski definition) is 24. The summed E-state index contributed by atoms with van der Waals surface area (Å²) in [6, 6.07) is 0. The molecular formula is C57H92O24. The molecule has 11 fully saturated rings. The highest BCUT2D eigenvalue weighted by molar-refractivity contribution is 5.16. The standard InChI is InChI=1S/C57H92O24/c1-74-39-11-22(12-40(75-2)46(39)69)53-56(81-57-50(73)49(72)47(70)41(19-58)78-57)27-15-24(76-37-13-23(59)14-38(77-53)42(27)37)5-6-25-30(62)17-34(66)43-45(48(71)52(80-54(25)43)21-4-8-29(61)33(65)10-21)44-35(67)18-31(63)26-16-36(68)51(79-55(26)44)20-3-7-28(60)32(64)9-20/h5-6,20-73H,3-4,7-19H2,1-2H3. The smallest absolute Gasteiger partial charge is 0.187 e. The van der Waals surface area contributed by atoms with E-state index in [4.69, 9.17) is 37.9 Å². The van der Waals surface area contributed by atoms with Crippen LogP contribution in [0.2, 0.25) is 0 Å². The van der Waals surface area contributed by atoms with Crippen LogP contribution in [0.1, 0.15) is 89.9 Å². The van der Waals surface area contributed by atoms with Crippen LogP contribution in [-0.4, -0.2) is 274 Å². The quantitative estimate of drug-likeness (QED) is 0.0874. The van der Waals surface area contributed by atoms with E-state index in [1.54, 1.807) is 12.2 Å². The minimum Gasteiger partial charge on any atom is -0.394 e. The summed E-state index contributed by atoms with van der Waals surface area (Å²) in [7, 11) is 2.98. The number of aliphatic hydroxyl groups excluding tert-OH is 16. The third kappa shape index (κ3) is 11.6. The summed E-state index contributed by atoms with van der Waals surface area (Å²) < 4.78 is 52.0. The van der Waals surface area contributed by atoms with Gasteiger partial charge in [0.2, 0.25) is 0 Å². The first-order chi connectivity index (χ1) is 38.7. The minimum atomic E-state index is -1.75. The van der Waals surface area contributed by atoms with Crippen molar-refractivity contribution in [3.8, 4) is 0 Å². The Kier molecular flexibility index (Phi) is 19.0. The molecule has 0 amide bonds. The van der Waals surface area contributed by atoms with Crippen LogP contribution in [-0.2, 0) is 37.9 Å². The van der Waals surface area contributed by atoms with Crippen molar-refractivity contribution in [3.05, 3.63) is 12.2 Å². The second kappa shape index (κ2) is 25.1. The summed E-state index contributed by atoms with van der Waals surface area (Å²) in [6.45, 7) is -0.694. The normalized spacial score (nSPS) is 58.0. The van der Waals surface area contributed by atoms with E-state index >= 15 is 0 Å². The van der Waals surface area contributed by atoms with Gasteiger partial charge in [0, 0.05) is 56.1 Å². The van der Waals surface area contributed by atoms with Gasteiger partial charge >= 0.3 is 0 Å². The molecule has 5 saturated heterocycles. The highest BCUT2D eigenvalue weighted by Crippen LogP contribution is 2.56. The zero-order valence-electron chi connectivity index (χ0n) is 46.1. The molecule has 0 aromatic rings. The molecule has 0 aromatic carbocycles. The van der Waals surface area contributed by atoms with Gasteiger partial charge in [0.15, 0.2) is 6.29 Å². The molecule has 36 atom stereocenters. The Morgan fingerprint density at radius 1 is 0.395 bits per heavy atom. The fourth-order valence-corrected chi connectivity index (χ4v) is 17.9. The van der Waals surface area contributed by atoms with Crippen molar-refractivity contribution in [1.29, 1.82) is 0 Å². The van der Waals surface area contributed by atoms with Crippen LogP contribution in [0.4, 0.5) is 0 Å². The van der Waals surface area contributed by atoms with Gasteiger partial charge in [-0.3, -0.25) is 0 Å². The van der Waals surface area contributed by atoms with E-state index in [2.05, 4.69) is 0 Å². The number of rotatable bonds is 11. The maximum atomic E-state index is 12.9. The monoisotopic (exact) mass is 1160 g/mol. The SMILES string of the molecule is COC1CC(C2OC3CC(O)CC4OC(C=CC5C(O)CC(O)C6C5OC(C5CCC(O)C(O)C5)C(O)C6C5C(O)CC(O)C6CC(O)C(C7CCC(O)C(O)C7)OC65)CC(C2OC2OC(CO)C(O)C(O)C2O)C43)CC(OC)C1O. The predicted octanol–water partition coefficient (Wildman–Crippen LogP) is -4.14. The molecule has 5 heterocycles. The van der Waals surface area contributed by atoms with E-state index < -0.39 is 225 Å². The summed E-state index contributed by atoms with van der Waals surface area (Å²) in [5.74, 6) is -6.71. The summed E-state index contributed by atoms with van der Waals surface area (Å²) in [4.78, 5) is 0. The molecule has 0 bridgehead atoms. The Balaban J connectivity index is 0.930. The molecule has 11 aliphatic rings. The lowest BCUT2D eigenvalue weighted by Gasteiger charge is -2.60. The summed E-state index contributed by atoms with van der Waals surface area (Å²) in [5, 5.41) is 182. The van der Waals surface area contributed by atoms with Gasteiger partial charge in [-0.1, -0.05) is 12.2 Å². The molecule has 6 saturated carbocycles. The van der Waals surface area contributed by atoms with Crippen LogP contribution in [0, 0.1) is 59.2 Å². The number of ether oxygens (including phenoxy) is 8. The van der Waals surface area contributed by atoms with Crippen molar-refractivity contribution in [2.45, 2.75) is 261 Å². The van der Waals surface area contributed by atoms with Crippen LogP contribution >= 0.6 is 0 Å². The molecule has 0 spiro atoms. The maximum absolute atomic E-state index is 12.9. The largest absolute Gasteiger partial charge is 0.394 e. The third-order valence-corrected chi connectivity index (χ3v) is 22.0. The van der Waals surface area contributed by atoms with Crippen LogP contribution in [0.15, 0.2) is 12.2 Å². The van der Waals surface area contributed by atoms with Crippen molar-refractivity contribution in [3.63, 3.8) is 0 Å². The Hall–Kier alpha value is -1.22. The molecule has 11 rings (SSSR count). The Morgan fingerprint density at radius 3 is 1.60 bits per heavy atom. The van der Waals surface area contributed by atoms with Crippen molar-refractivity contribution in [1.82, 2.24) is 0 Å². The molecule has 464 valence electrons. The van der Waals surface area contributed by atoms with Gasteiger partial charge in [-0.15, -0.1) is 0 Å². The number of fused-ring (bicyclic) bond motifs is 2. The Labute approximate surface area is 471 Å². The Morgan fingerprint density at radius 2 is 0.988 bits per heavy atom. The van der Waals surface area contributed by atoms with Gasteiger partial charge in [-0.2, -0.15) is 0 Å². The van der Waals surface area contributed by atoms with Crippen molar-refractivity contribution in [2.24, 2.45) is 59.2 Å². The average molecular weight is 1160 g/mol. The summed E-state index contributed by atoms with van der Waals surface area (Å²) in [5.41, 5.74) is 0. The van der Waals surface area contributed by atoms with Crippen molar-refractivity contribution >= 4 is 0 Å². The molecule has 5 aliphatic heterocycles. The van der Waals surface area contributed by atoms with Gasteiger partial charge in [-0.05, 0) is 107 Å². The average Bonchev–Trinajstić information content (AvgIpc) is 3.63. The van der Waals surface area contributed by atoms with Crippen molar-refractivity contribution in [2.75, 3.05) is 20.8 Å². The molecule has 6 aliphatic carbocycles. The van der Waals surface area contributed by atoms with E-state index in [1.165, 1.54) is 14.2 Å².